The van der Waals surface area contributed by atoms with Crippen molar-refractivity contribution in [2.45, 2.75) is 13.8 Å². The summed E-state index contributed by atoms with van der Waals surface area (Å²) >= 11 is 0. The van der Waals surface area contributed by atoms with Gasteiger partial charge in [-0.15, -0.1) is 0 Å². The average molecular weight is 92.9 g/mol. The Morgan fingerprint density at radius 1 is 1.29 bits per heavy atom. The fraction of sp³-hybridized carbons (Fsp3) is 1.00. The van der Waals surface area contributed by atoms with E-state index >= 15 is 0 Å². The molecule has 0 unspecified atom stereocenters. The summed E-state index contributed by atoms with van der Waals surface area (Å²) in [5, 5.41) is 0. The first-order chi connectivity index (χ1) is 2.81. The maximum Gasteiger partial charge on any atom is 1.00 e. The number of hydrogen-bond donors (Lipinski definition) is 0. The van der Waals surface area contributed by atoms with Gasteiger partial charge < -0.3 is 4.81 Å². The molecule has 0 aromatic carbocycles. The fourth-order valence-electron chi connectivity index (χ4n) is 0.224. The SMILES string of the molecule is [BH3-]N(CC)CC.[Li+]. The summed E-state index contributed by atoms with van der Waals surface area (Å²) in [5.74, 6) is 0. The van der Waals surface area contributed by atoms with Gasteiger partial charge in [0.25, 0.3) is 0 Å². The van der Waals surface area contributed by atoms with Gasteiger partial charge in [-0.05, 0) is 13.1 Å². The van der Waals surface area contributed by atoms with E-state index in [1.54, 1.807) is 0 Å². The Labute approximate surface area is 59.1 Å². The molecular formula is C4H13BLiN. The Kier molecular flexibility index (Phi) is 10.0. The van der Waals surface area contributed by atoms with Crippen molar-refractivity contribution < 1.29 is 18.9 Å². The Balaban J connectivity index is 0. The summed E-state index contributed by atoms with van der Waals surface area (Å²) in [7, 11) is 0.514. The minimum atomic E-state index is 0. The largest absolute Gasteiger partial charge is 1.00 e. The molecule has 0 atom stereocenters. The van der Waals surface area contributed by atoms with Gasteiger partial charge in [0.1, 0.15) is 0 Å². The molecule has 0 aromatic heterocycles. The van der Waals surface area contributed by atoms with Crippen LogP contribution in [0.4, 0.5) is 0 Å². The van der Waals surface area contributed by atoms with Gasteiger partial charge >= 0.3 is 18.9 Å². The Morgan fingerprint density at radius 2 is 1.57 bits per heavy atom. The van der Waals surface area contributed by atoms with E-state index in [1.807, 2.05) is 0 Å². The molecule has 7 heavy (non-hydrogen) atoms. The Bertz CT molecular complexity index is 30.9. The molecule has 0 aliphatic rings. The van der Waals surface area contributed by atoms with E-state index in [9.17, 15) is 0 Å². The van der Waals surface area contributed by atoms with E-state index in [0.717, 1.165) is 0 Å². The monoisotopic (exact) mass is 93.1 g/mol. The van der Waals surface area contributed by atoms with Gasteiger partial charge in [-0.3, -0.25) is 0 Å². The number of rotatable bonds is 2. The molecule has 1 nitrogen and oxygen atoms in total. The van der Waals surface area contributed by atoms with Crippen LogP contribution in [0, 0.1) is 0 Å². The smallest absolute Gasteiger partial charge is 0.484 e. The van der Waals surface area contributed by atoms with Crippen LogP contribution < -0.4 is 18.9 Å². The zero-order chi connectivity index (χ0) is 4.99. The van der Waals surface area contributed by atoms with Gasteiger partial charge in [-0.25, -0.2) is 0 Å². The third-order valence-electron chi connectivity index (χ3n) is 0.447. The van der Waals surface area contributed by atoms with Crippen molar-refractivity contribution in [1.82, 2.24) is 4.81 Å². The van der Waals surface area contributed by atoms with Crippen LogP contribution in [0.1, 0.15) is 13.8 Å². The van der Waals surface area contributed by atoms with Crippen LogP contribution in [0.15, 0.2) is 0 Å². The van der Waals surface area contributed by atoms with Gasteiger partial charge in [-0.1, -0.05) is 13.8 Å². The first-order valence-electron chi connectivity index (χ1n) is 2.05. The summed E-state index contributed by atoms with van der Waals surface area (Å²) in [4.78, 5) is 2.50. The molecule has 0 saturated carbocycles. The van der Waals surface area contributed by atoms with Crippen LogP contribution >= 0.6 is 0 Å². The van der Waals surface area contributed by atoms with Crippen molar-refractivity contribution in [3.63, 3.8) is 0 Å². The second-order valence-electron chi connectivity index (χ2n) is 0.856. The Hall–Kier alpha value is 0.622. The van der Waals surface area contributed by atoms with Crippen LogP contribution in [0.2, 0.25) is 0 Å². The average Bonchev–Trinajstić information content (AvgIpc) is 1.65. The summed E-state index contributed by atoms with van der Waals surface area (Å²) < 4.78 is 0. The van der Waals surface area contributed by atoms with E-state index in [1.165, 1.54) is 13.1 Å². The minimum Gasteiger partial charge on any atom is -0.484 e. The summed E-state index contributed by atoms with van der Waals surface area (Å²) in [6.45, 7) is 6.99. The molecule has 0 saturated heterocycles. The molecule has 0 aromatic rings. The molecule has 0 aliphatic carbocycles. The van der Waals surface area contributed by atoms with Gasteiger partial charge in [0, 0.05) is 7.98 Å². The molecule has 0 spiro atoms. The molecule has 3 heteroatoms. The van der Waals surface area contributed by atoms with E-state index in [0.29, 0.717) is 7.98 Å². The standard InChI is InChI=1S/C4H13BN.Li/c1-3-6(5)4-2;/h3-4H2,1-2,5H3;/q-1;+1. The molecule has 0 radical (unpaired) electrons. The molecule has 0 bridgehead atoms. The predicted molar refractivity (Wildman–Crippen MR) is 32.9 cm³/mol. The topological polar surface area (TPSA) is 3.24 Å². The van der Waals surface area contributed by atoms with Crippen molar-refractivity contribution in [3.05, 3.63) is 0 Å². The van der Waals surface area contributed by atoms with Crippen LogP contribution in [-0.4, -0.2) is 25.9 Å². The molecule has 0 fully saturated rings. The third-order valence-corrected chi connectivity index (χ3v) is 0.447. The molecule has 0 amide bonds. The number of nitrogens with zero attached hydrogens (tertiary/aromatic N) is 1. The van der Waals surface area contributed by atoms with Gasteiger partial charge in [0.2, 0.25) is 0 Å². The second-order valence-corrected chi connectivity index (χ2v) is 0.856. The molecule has 0 aliphatic heterocycles. The fourth-order valence-corrected chi connectivity index (χ4v) is 0.224. The number of hydrogen-bond acceptors (Lipinski definition) is 1. The summed E-state index contributed by atoms with van der Waals surface area (Å²) in [5.41, 5.74) is 0. The predicted octanol–water partition coefficient (Wildman–Crippen LogP) is -3.39. The summed E-state index contributed by atoms with van der Waals surface area (Å²) in [6, 6.07) is 0. The second kappa shape index (κ2) is 6.62. The minimum absolute atomic E-state index is 0. The molecule has 0 heterocycles. The van der Waals surface area contributed by atoms with E-state index in [4.69, 9.17) is 0 Å². The Morgan fingerprint density at radius 3 is 1.57 bits per heavy atom. The first kappa shape index (κ1) is 10.6. The summed E-state index contributed by atoms with van der Waals surface area (Å²) in [6.07, 6.45) is 0. The van der Waals surface area contributed by atoms with Crippen LogP contribution in [0.25, 0.3) is 0 Å². The van der Waals surface area contributed by atoms with Crippen molar-refractivity contribution >= 4 is 7.98 Å². The van der Waals surface area contributed by atoms with Crippen LogP contribution in [0.5, 0.6) is 0 Å². The van der Waals surface area contributed by atoms with E-state index in [-0.39, 0.29) is 18.9 Å². The quantitative estimate of drug-likeness (QED) is 0.322. The molecule has 0 rings (SSSR count). The van der Waals surface area contributed by atoms with E-state index < -0.39 is 0 Å². The molecular weight excluding hydrogens is 79.8 g/mol. The maximum atomic E-state index is 2.50. The van der Waals surface area contributed by atoms with E-state index in [2.05, 4.69) is 18.7 Å². The third kappa shape index (κ3) is 6.62. The van der Waals surface area contributed by atoms with Crippen molar-refractivity contribution in [2.75, 3.05) is 13.1 Å². The van der Waals surface area contributed by atoms with Gasteiger partial charge in [-0.2, -0.15) is 0 Å². The van der Waals surface area contributed by atoms with Gasteiger partial charge in [0.05, 0.1) is 0 Å². The molecule has 0 N–H and O–H groups in total. The van der Waals surface area contributed by atoms with Gasteiger partial charge in [0.15, 0.2) is 0 Å². The van der Waals surface area contributed by atoms with Crippen LogP contribution in [-0.2, 0) is 0 Å². The van der Waals surface area contributed by atoms with Crippen molar-refractivity contribution in [3.8, 4) is 0 Å². The zero-order valence-electron chi connectivity index (χ0n) is 4.86. The normalized spacial score (nSPS) is 8.57. The molecule has 38 valence electrons. The van der Waals surface area contributed by atoms with Crippen molar-refractivity contribution in [2.24, 2.45) is 0 Å². The van der Waals surface area contributed by atoms with Crippen molar-refractivity contribution in [1.29, 1.82) is 0 Å². The maximum absolute atomic E-state index is 2.50. The zero-order valence-corrected chi connectivity index (χ0v) is 4.86. The van der Waals surface area contributed by atoms with Crippen LogP contribution in [0.3, 0.4) is 0 Å². The first-order valence-corrected chi connectivity index (χ1v) is 2.05.